The van der Waals surface area contributed by atoms with Gasteiger partial charge in [0.1, 0.15) is 5.69 Å². The molecule has 0 unspecified atom stereocenters. The average Bonchev–Trinajstić information content (AvgIpc) is 3.08. The standard InChI is InChI=1S/C22H20N4O2/c1-13-6-8-16(9-7-13)26-20(27)12-19(25-26)22(28)24-18-11-14(2)15(3)21-17(18)5-4-10-23-21/h4-12,25H,1-3H3,(H,24,28). The van der Waals surface area contributed by atoms with Gasteiger partial charge in [0.15, 0.2) is 0 Å². The number of carbonyl (C=O) groups is 1. The normalized spacial score (nSPS) is 11.0. The molecule has 0 bridgehead atoms. The lowest BCUT2D eigenvalue weighted by Crippen LogP contribution is -2.14. The number of aromatic amines is 1. The molecule has 0 aliphatic rings. The molecule has 28 heavy (non-hydrogen) atoms. The Hall–Kier alpha value is -3.67. The van der Waals surface area contributed by atoms with Crippen LogP contribution in [0, 0.1) is 20.8 Å². The smallest absolute Gasteiger partial charge is 0.273 e. The first-order valence-electron chi connectivity index (χ1n) is 8.99. The number of hydrogen-bond acceptors (Lipinski definition) is 3. The Bertz CT molecular complexity index is 1250. The number of rotatable bonds is 3. The number of amides is 1. The first-order valence-corrected chi connectivity index (χ1v) is 8.99. The van der Waals surface area contributed by atoms with E-state index in [1.54, 1.807) is 6.20 Å². The van der Waals surface area contributed by atoms with Gasteiger partial charge in [-0.15, -0.1) is 0 Å². The van der Waals surface area contributed by atoms with Crippen molar-refractivity contribution < 1.29 is 4.79 Å². The van der Waals surface area contributed by atoms with Crippen molar-refractivity contribution in [2.45, 2.75) is 20.8 Å². The lowest BCUT2D eigenvalue weighted by Gasteiger charge is -2.12. The topological polar surface area (TPSA) is 79.8 Å². The Labute approximate surface area is 161 Å². The maximum absolute atomic E-state index is 12.8. The highest BCUT2D eigenvalue weighted by Gasteiger charge is 2.15. The van der Waals surface area contributed by atoms with Gasteiger partial charge < -0.3 is 5.32 Å². The third-order valence-corrected chi connectivity index (χ3v) is 4.91. The fraction of sp³-hybridized carbons (Fsp3) is 0.136. The van der Waals surface area contributed by atoms with Crippen LogP contribution in [0.2, 0.25) is 0 Å². The number of aryl methyl sites for hydroxylation is 3. The molecule has 6 nitrogen and oxygen atoms in total. The van der Waals surface area contributed by atoms with E-state index in [0.29, 0.717) is 11.4 Å². The number of hydrogen-bond donors (Lipinski definition) is 2. The van der Waals surface area contributed by atoms with Crippen molar-refractivity contribution in [2.24, 2.45) is 0 Å². The highest BCUT2D eigenvalue weighted by Crippen LogP contribution is 2.27. The molecule has 0 saturated carbocycles. The van der Waals surface area contributed by atoms with Crippen molar-refractivity contribution in [3.8, 4) is 5.69 Å². The number of nitrogens with one attached hydrogen (secondary N) is 2. The molecule has 2 aromatic carbocycles. The Morgan fingerprint density at radius 1 is 1.07 bits per heavy atom. The van der Waals surface area contributed by atoms with Crippen molar-refractivity contribution in [1.29, 1.82) is 0 Å². The van der Waals surface area contributed by atoms with Crippen LogP contribution in [0.4, 0.5) is 5.69 Å². The van der Waals surface area contributed by atoms with Crippen LogP contribution in [0.1, 0.15) is 27.2 Å². The van der Waals surface area contributed by atoms with Crippen LogP contribution in [0.15, 0.2) is 59.5 Å². The maximum atomic E-state index is 12.8. The minimum absolute atomic E-state index is 0.195. The Morgan fingerprint density at radius 2 is 1.82 bits per heavy atom. The van der Waals surface area contributed by atoms with Gasteiger partial charge in [-0.05, 0) is 62.2 Å². The minimum Gasteiger partial charge on any atom is -0.320 e. The Morgan fingerprint density at radius 3 is 2.57 bits per heavy atom. The van der Waals surface area contributed by atoms with Gasteiger partial charge in [-0.3, -0.25) is 19.7 Å². The average molecular weight is 372 g/mol. The van der Waals surface area contributed by atoms with Gasteiger partial charge in [-0.25, -0.2) is 4.68 Å². The molecule has 0 fully saturated rings. The third kappa shape index (κ3) is 3.09. The van der Waals surface area contributed by atoms with E-state index >= 15 is 0 Å². The zero-order valence-corrected chi connectivity index (χ0v) is 15.9. The van der Waals surface area contributed by atoms with Gasteiger partial charge in [0.25, 0.3) is 11.5 Å². The summed E-state index contributed by atoms with van der Waals surface area (Å²) in [5.41, 5.74) is 5.30. The highest BCUT2D eigenvalue weighted by atomic mass is 16.2. The third-order valence-electron chi connectivity index (χ3n) is 4.91. The molecule has 1 amide bonds. The number of anilines is 1. The summed E-state index contributed by atoms with van der Waals surface area (Å²) in [7, 11) is 0. The van der Waals surface area contributed by atoms with E-state index in [0.717, 1.165) is 27.6 Å². The van der Waals surface area contributed by atoms with Crippen molar-refractivity contribution >= 4 is 22.5 Å². The Kier molecular flexibility index (Phi) is 4.31. The molecule has 6 heteroatoms. The number of fused-ring (bicyclic) bond motifs is 1. The molecule has 0 saturated heterocycles. The van der Waals surface area contributed by atoms with Crippen LogP contribution < -0.4 is 10.9 Å². The van der Waals surface area contributed by atoms with E-state index in [4.69, 9.17) is 0 Å². The summed E-state index contributed by atoms with van der Waals surface area (Å²) in [6.45, 7) is 5.97. The molecule has 140 valence electrons. The monoisotopic (exact) mass is 372 g/mol. The van der Waals surface area contributed by atoms with Crippen LogP contribution in [-0.2, 0) is 0 Å². The van der Waals surface area contributed by atoms with Gasteiger partial charge in [-0.1, -0.05) is 17.7 Å². The second-order valence-electron chi connectivity index (χ2n) is 6.90. The van der Waals surface area contributed by atoms with Gasteiger partial charge in [0.05, 0.1) is 16.9 Å². The lowest BCUT2D eigenvalue weighted by molar-refractivity contribution is 0.102. The summed E-state index contributed by atoms with van der Waals surface area (Å²) in [4.78, 5) is 29.6. The molecule has 0 radical (unpaired) electrons. The van der Waals surface area contributed by atoms with Crippen molar-refractivity contribution in [2.75, 3.05) is 5.32 Å². The van der Waals surface area contributed by atoms with Crippen LogP contribution in [0.5, 0.6) is 0 Å². The quantitative estimate of drug-likeness (QED) is 0.572. The summed E-state index contributed by atoms with van der Waals surface area (Å²) < 4.78 is 1.36. The van der Waals surface area contributed by atoms with Gasteiger partial charge >= 0.3 is 0 Å². The molecule has 2 heterocycles. The largest absolute Gasteiger partial charge is 0.320 e. The summed E-state index contributed by atoms with van der Waals surface area (Å²) in [6.07, 6.45) is 1.74. The van der Waals surface area contributed by atoms with E-state index in [1.807, 2.05) is 63.2 Å². The zero-order valence-electron chi connectivity index (χ0n) is 15.9. The van der Waals surface area contributed by atoms with Crippen LogP contribution in [0.25, 0.3) is 16.6 Å². The molecule has 0 spiro atoms. The Balaban J connectivity index is 1.70. The van der Waals surface area contributed by atoms with Crippen molar-refractivity contribution in [3.05, 3.63) is 87.5 Å². The minimum atomic E-state index is -0.378. The SMILES string of the molecule is Cc1ccc(-n2[nH]c(C(=O)Nc3cc(C)c(C)c4ncccc34)cc2=O)cc1. The van der Waals surface area contributed by atoms with Gasteiger partial charge in [-0.2, -0.15) is 0 Å². The molecule has 4 rings (SSSR count). The molecule has 0 aliphatic heterocycles. The van der Waals surface area contributed by atoms with E-state index in [-0.39, 0.29) is 17.2 Å². The maximum Gasteiger partial charge on any atom is 0.273 e. The van der Waals surface area contributed by atoms with E-state index in [2.05, 4.69) is 15.4 Å². The molecule has 0 atom stereocenters. The van der Waals surface area contributed by atoms with Crippen LogP contribution in [0.3, 0.4) is 0 Å². The summed E-state index contributed by atoms with van der Waals surface area (Å²) in [5.74, 6) is -0.378. The van der Waals surface area contributed by atoms with E-state index in [9.17, 15) is 9.59 Å². The van der Waals surface area contributed by atoms with Crippen LogP contribution >= 0.6 is 0 Å². The molecular weight excluding hydrogens is 352 g/mol. The number of H-pyrrole nitrogens is 1. The predicted molar refractivity (Wildman–Crippen MR) is 110 cm³/mol. The number of pyridine rings is 1. The molecule has 2 aromatic heterocycles. The summed E-state index contributed by atoms with van der Waals surface area (Å²) >= 11 is 0. The summed E-state index contributed by atoms with van der Waals surface area (Å²) in [5, 5.41) is 6.66. The van der Waals surface area contributed by atoms with E-state index in [1.165, 1.54) is 10.7 Å². The van der Waals surface area contributed by atoms with Crippen molar-refractivity contribution in [1.82, 2.24) is 14.8 Å². The lowest BCUT2D eigenvalue weighted by atomic mass is 10.0. The van der Waals surface area contributed by atoms with Crippen LogP contribution in [-0.4, -0.2) is 20.7 Å². The molecular formula is C22H20N4O2. The van der Waals surface area contributed by atoms with E-state index < -0.39 is 0 Å². The van der Waals surface area contributed by atoms with Gasteiger partial charge in [0.2, 0.25) is 0 Å². The molecule has 4 aromatic rings. The first kappa shape index (κ1) is 17.7. The highest BCUT2D eigenvalue weighted by molar-refractivity contribution is 6.08. The molecule has 0 aliphatic carbocycles. The zero-order chi connectivity index (χ0) is 19.8. The number of benzene rings is 2. The number of carbonyl (C=O) groups excluding carboxylic acids is 1. The second kappa shape index (κ2) is 6.81. The summed E-state index contributed by atoms with van der Waals surface area (Å²) in [6, 6.07) is 14.5. The number of aromatic nitrogens is 3. The molecule has 2 N–H and O–H groups in total. The van der Waals surface area contributed by atoms with Crippen molar-refractivity contribution in [3.63, 3.8) is 0 Å². The second-order valence-corrected chi connectivity index (χ2v) is 6.90. The fourth-order valence-corrected chi connectivity index (χ4v) is 3.20. The predicted octanol–water partition coefficient (Wildman–Crippen LogP) is 3.89. The van der Waals surface area contributed by atoms with Gasteiger partial charge in [0, 0.05) is 17.6 Å². The first-order chi connectivity index (χ1) is 13.4. The number of nitrogens with zero attached hydrogens (tertiary/aromatic N) is 2. The fourth-order valence-electron chi connectivity index (χ4n) is 3.20.